The Labute approximate surface area is 88.1 Å². The van der Waals surface area contributed by atoms with E-state index in [2.05, 4.69) is 0 Å². The van der Waals surface area contributed by atoms with Crippen molar-refractivity contribution in [2.45, 2.75) is 31.8 Å². The quantitative estimate of drug-likeness (QED) is 0.621. The molecule has 2 atom stereocenters. The normalized spacial score (nSPS) is 39.2. The molecule has 2 heterocycles. The van der Waals surface area contributed by atoms with Gasteiger partial charge in [0.25, 0.3) is 0 Å². The molecule has 0 spiro atoms. The summed E-state index contributed by atoms with van der Waals surface area (Å²) in [6.07, 6.45) is 0.626. The van der Waals surface area contributed by atoms with Gasteiger partial charge in [0, 0.05) is 23.0 Å². The number of hydrogen-bond acceptors (Lipinski definition) is 4. The van der Waals surface area contributed by atoms with E-state index < -0.39 is 0 Å². The van der Waals surface area contributed by atoms with Crippen LogP contribution in [0, 0.1) is 0 Å². The molecule has 2 fully saturated rings. The van der Waals surface area contributed by atoms with E-state index in [9.17, 15) is 0 Å². The molecule has 0 radical (unpaired) electrons. The van der Waals surface area contributed by atoms with Crippen molar-refractivity contribution in [2.24, 2.45) is 0 Å². The van der Waals surface area contributed by atoms with Crippen LogP contribution in [0.2, 0.25) is 0 Å². The molecule has 0 aromatic heterocycles. The third-order valence-corrected chi connectivity index (χ3v) is 4.59. The molecule has 4 heteroatoms. The van der Waals surface area contributed by atoms with E-state index in [-0.39, 0.29) is 5.79 Å². The Morgan fingerprint density at radius 3 is 1.92 bits per heavy atom. The molecule has 0 bridgehead atoms. The van der Waals surface area contributed by atoms with Crippen LogP contribution >= 0.6 is 23.5 Å². The Kier molecular flexibility index (Phi) is 3.13. The lowest BCUT2D eigenvalue weighted by atomic mass is 10.3. The summed E-state index contributed by atoms with van der Waals surface area (Å²) in [7, 11) is 0. The fourth-order valence-electron chi connectivity index (χ4n) is 1.71. The zero-order valence-electron chi connectivity index (χ0n) is 8.12. The van der Waals surface area contributed by atoms with Crippen molar-refractivity contribution in [2.75, 3.05) is 23.0 Å². The second-order valence-corrected chi connectivity index (χ2v) is 6.16. The van der Waals surface area contributed by atoms with Gasteiger partial charge in [-0.05, 0) is 13.8 Å². The Bertz CT molecular complexity index is 166. The van der Waals surface area contributed by atoms with E-state index in [4.69, 9.17) is 9.47 Å². The number of thioether (sulfide) groups is 2. The molecule has 2 aliphatic heterocycles. The molecular formula is C9H16O2S2. The molecule has 0 saturated carbocycles. The van der Waals surface area contributed by atoms with Crippen LogP contribution in [0.15, 0.2) is 0 Å². The summed E-state index contributed by atoms with van der Waals surface area (Å²) in [4.78, 5) is 0. The van der Waals surface area contributed by atoms with Gasteiger partial charge in [0.2, 0.25) is 0 Å². The highest BCUT2D eigenvalue weighted by molar-refractivity contribution is 8.03. The SMILES string of the molecule is CC1(C)O[C@H]2CSCCSC[C@@H]2O1. The molecule has 13 heavy (non-hydrogen) atoms. The topological polar surface area (TPSA) is 18.5 Å². The Balaban J connectivity index is 1.98. The lowest BCUT2D eigenvalue weighted by molar-refractivity contribution is -0.142. The van der Waals surface area contributed by atoms with Crippen molar-refractivity contribution in [1.82, 2.24) is 0 Å². The van der Waals surface area contributed by atoms with Gasteiger partial charge in [-0.3, -0.25) is 0 Å². The van der Waals surface area contributed by atoms with E-state index >= 15 is 0 Å². The monoisotopic (exact) mass is 220 g/mol. The highest BCUT2D eigenvalue weighted by atomic mass is 32.2. The lowest BCUT2D eigenvalue weighted by Gasteiger charge is -2.18. The van der Waals surface area contributed by atoms with Crippen molar-refractivity contribution in [3.63, 3.8) is 0 Å². The number of rotatable bonds is 0. The maximum absolute atomic E-state index is 5.83. The summed E-state index contributed by atoms with van der Waals surface area (Å²) >= 11 is 3.96. The van der Waals surface area contributed by atoms with E-state index in [0.717, 1.165) is 11.5 Å². The summed E-state index contributed by atoms with van der Waals surface area (Å²) in [6, 6.07) is 0. The first-order valence-corrected chi connectivity index (χ1v) is 6.99. The molecule has 2 nitrogen and oxygen atoms in total. The fraction of sp³-hybridized carbons (Fsp3) is 1.00. The second-order valence-electron chi connectivity index (χ2n) is 3.86. The molecule has 0 aliphatic carbocycles. The van der Waals surface area contributed by atoms with Gasteiger partial charge < -0.3 is 9.47 Å². The van der Waals surface area contributed by atoms with Gasteiger partial charge in [0.05, 0.1) is 12.2 Å². The zero-order valence-corrected chi connectivity index (χ0v) is 9.75. The molecule has 2 saturated heterocycles. The van der Waals surface area contributed by atoms with Gasteiger partial charge in [0.15, 0.2) is 5.79 Å². The molecule has 0 amide bonds. The van der Waals surface area contributed by atoms with Crippen molar-refractivity contribution in [3.05, 3.63) is 0 Å². The van der Waals surface area contributed by atoms with Crippen LogP contribution in [-0.4, -0.2) is 41.0 Å². The molecule has 0 N–H and O–H groups in total. The van der Waals surface area contributed by atoms with E-state index in [1.54, 1.807) is 0 Å². The van der Waals surface area contributed by atoms with Crippen LogP contribution < -0.4 is 0 Å². The highest BCUT2D eigenvalue weighted by Gasteiger charge is 2.41. The zero-order chi connectivity index (χ0) is 9.31. The van der Waals surface area contributed by atoms with Gasteiger partial charge in [-0.1, -0.05) is 0 Å². The van der Waals surface area contributed by atoms with Gasteiger partial charge >= 0.3 is 0 Å². The molecule has 2 aliphatic rings. The smallest absolute Gasteiger partial charge is 0.163 e. The van der Waals surface area contributed by atoms with Gasteiger partial charge in [0.1, 0.15) is 0 Å². The van der Waals surface area contributed by atoms with Crippen molar-refractivity contribution in [3.8, 4) is 0 Å². The average Bonchev–Trinajstić information content (AvgIpc) is 2.27. The molecule has 0 aromatic carbocycles. The van der Waals surface area contributed by atoms with Crippen LogP contribution in [0.1, 0.15) is 13.8 Å². The predicted molar refractivity (Wildman–Crippen MR) is 58.5 cm³/mol. The number of fused-ring (bicyclic) bond motifs is 1. The fourth-order valence-corrected chi connectivity index (χ4v) is 4.01. The van der Waals surface area contributed by atoms with Crippen LogP contribution in [0.3, 0.4) is 0 Å². The van der Waals surface area contributed by atoms with Crippen LogP contribution in [0.25, 0.3) is 0 Å². The third-order valence-electron chi connectivity index (χ3n) is 2.22. The summed E-state index contributed by atoms with van der Waals surface area (Å²) < 4.78 is 11.7. The summed E-state index contributed by atoms with van der Waals surface area (Å²) in [5.41, 5.74) is 0. The second kappa shape index (κ2) is 4.01. The van der Waals surface area contributed by atoms with E-state index in [1.807, 2.05) is 37.4 Å². The van der Waals surface area contributed by atoms with Crippen LogP contribution in [0.4, 0.5) is 0 Å². The molecule has 0 aromatic rings. The predicted octanol–water partition coefficient (Wildman–Crippen LogP) is 1.99. The minimum atomic E-state index is -0.360. The first kappa shape index (κ1) is 10.1. The summed E-state index contributed by atoms with van der Waals surface area (Å²) in [6.45, 7) is 4.01. The van der Waals surface area contributed by atoms with E-state index in [0.29, 0.717) is 12.2 Å². The molecule has 76 valence electrons. The maximum atomic E-state index is 5.83. The Morgan fingerprint density at radius 1 is 1.00 bits per heavy atom. The molecular weight excluding hydrogens is 204 g/mol. The van der Waals surface area contributed by atoms with Gasteiger partial charge in [-0.2, -0.15) is 23.5 Å². The minimum absolute atomic E-state index is 0.313. The van der Waals surface area contributed by atoms with E-state index in [1.165, 1.54) is 11.5 Å². The minimum Gasteiger partial charge on any atom is -0.344 e. The van der Waals surface area contributed by atoms with Crippen molar-refractivity contribution in [1.29, 1.82) is 0 Å². The first-order chi connectivity index (χ1) is 6.17. The Morgan fingerprint density at radius 2 is 1.46 bits per heavy atom. The number of hydrogen-bond donors (Lipinski definition) is 0. The molecule has 2 rings (SSSR count). The number of ether oxygens (including phenoxy) is 2. The molecule has 0 unspecified atom stereocenters. The summed E-state index contributed by atoms with van der Waals surface area (Å²) in [5.74, 6) is 4.32. The largest absolute Gasteiger partial charge is 0.344 e. The lowest BCUT2D eigenvalue weighted by Crippen LogP contribution is -2.29. The maximum Gasteiger partial charge on any atom is 0.163 e. The average molecular weight is 220 g/mol. The highest BCUT2D eigenvalue weighted by Crippen LogP contribution is 2.33. The van der Waals surface area contributed by atoms with Crippen LogP contribution in [-0.2, 0) is 9.47 Å². The van der Waals surface area contributed by atoms with Crippen LogP contribution in [0.5, 0.6) is 0 Å². The summed E-state index contributed by atoms with van der Waals surface area (Å²) in [5, 5.41) is 0. The van der Waals surface area contributed by atoms with Crippen molar-refractivity contribution >= 4 is 23.5 Å². The van der Waals surface area contributed by atoms with Gasteiger partial charge in [-0.25, -0.2) is 0 Å². The third kappa shape index (κ3) is 2.55. The standard InChI is InChI=1S/C9H16O2S2/c1-9(2)10-7-5-12-3-4-13-6-8(7)11-9/h7-8H,3-6H2,1-2H3/t7-,8-/m0/s1. The Hall–Kier alpha value is 0.620. The van der Waals surface area contributed by atoms with Gasteiger partial charge in [-0.15, -0.1) is 0 Å². The first-order valence-electron chi connectivity index (χ1n) is 4.68. The van der Waals surface area contributed by atoms with Crippen molar-refractivity contribution < 1.29 is 9.47 Å².